The third-order valence-electron chi connectivity index (χ3n) is 3.08. The van der Waals surface area contributed by atoms with E-state index in [4.69, 9.17) is 14.2 Å². The minimum Gasteiger partial charge on any atom is -0.493 e. The van der Waals surface area contributed by atoms with Crippen molar-refractivity contribution in [3.63, 3.8) is 0 Å². The lowest BCUT2D eigenvalue weighted by Crippen LogP contribution is -2.19. The zero-order chi connectivity index (χ0) is 12.6. The molecule has 2 aliphatic rings. The fraction of sp³-hybridized carbons (Fsp3) is 0.429. The van der Waals surface area contributed by atoms with E-state index in [9.17, 15) is 0 Å². The molecule has 1 atom stereocenters. The molecule has 0 N–H and O–H groups in total. The SMILES string of the molecule is C/C=C(/C)C1=C2C(OC)=C(C)O[C@@H]2OC(C)=C1. The Morgan fingerprint density at radius 2 is 2.06 bits per heavy atom. The molecular formula is C14H18O3. The topological polar surface area (TPSA) is 27.7 Å². The van der Waals surface area contributed by atoms with Gasteiger partial charge in [-0.15, -0.1) is 0 Å². The van der Waals surface area contributed by atoms with Crippen molar-refractivity contribution in [3.05, 3.63) is 46.1 Å². The molecule has 2 heterocycles. The van der Waals surface area contributed by atoms with Crippen LogP contribution in [0.15, 0.2) is 46.1 Å². The van der Waals surface area contributed by atoms with Gasteiger partial charge in [0, 0.05) is 0 Å². The first-order valence-electron chi connectivity index (χ1n) is 5.72. The maximum absolute atomic E-state index is 5.67. The minimum atomic E-state index is -0.361. The Bertz CT molecular complexity index is 464. The number of hydrogen-bond acceptors (Lipinski definition) is 3. The van der Waals surface area contributed by atoms with Crippen molar-refractivity contribution in [1.29, 1.82) is 0 Å². The van der Waals surface area contributed by atoms with Gasteiger partial charge in [0.25, 0.3) is 6.29 Å². The van der Waals surface area contributed by atoms with Crippen LogP contribution in [0.3, 0.4) is 0 Å². The monoisotopic (exact) mass is 234 g/mol. The molecule has 3 nitrogen and oxygen atoms in total. The van der Waals surface area contributed by atoms with E-state index in [1.54, 1.807) is 7.11 Å². The van der Waals surface area contributed by atoms with E-state index in [0.717, 1.165) is 28.4 Å². The lowest BCUT2D eigenvalue weighted by atomic mass is 9.97. The molecule has 92 valence electrons. The van der Waals surface area contributed by atoms with Crippen molar-refractivity contribution >= 4 is 0 Å². The van der Waals surface area contributed by atoms with Crippen molar-refractivity contribution in [2.75, 3.05) is 7.11 Å². The van der Waals surface area contributed by atoms with Crippen LogP contribution in [-0.4, -0.2) is 13.4 Å². The fourth-order valence-electron chi connectivity index (χ4n) is 2.12. The summed E-state index contributed by atoms with van der Waals surface area (Å²) in [5.74, 6) is 2.42. The summed E-state index contributed by atoms with van der Waals surface area (Å²) in [4.78, 5) is 0. The highest BCUT2D eigenvalue weighted by molar-refractivity contribution is 5.53. The number of allylic oxidation sites excluding steroid dienone is 6. The molecule has 2 rings (SSSR count). The van der Waals surface area contributed by atoms with Crippen molar-refractivity contribution in [1.82, 2.24) is 0 Å². The third-order valence-corrected chi connectivity index (χ3v) is 3.08. The highest BCUT2D eigenvalue weighted by Crippen LogP contribution is 2.40. The van der Waals surface area contributed by atoms with Crippen LogP contribution in [0, 0.1) is 0 Å². The first-order chi connectivity index (χ1) is 8.08. The second-order valence-electron chi connectivity index (χ2n) is 4.21. The second-order valence-corrected chi connectivity index (χ2v) is 4.21. The predicted octanol–water partition coefficient (Wildman–Crippen LogP) is 3.42. The first kappa shape index (κ1) is 11.8. The summed E-state index contributed by atoms with van der Waals surface area (Å²) in [5.41, 5.74) is 3.32. The number of rotatable bonds is 2. The number of hydrogen-bond donors (Lipinski definition) is 0. The first-order valence-corrected chi connectivity index (χ1v) is 5.72. The van der Waals surface area contributed by atoms with Gasteiger partial charge in [0.1, 0.15) is 5.76 Å². The fourth-order valence-corrected chi connectivity index (χ4v) is 2.12. The second kappa shape index (κ2) is 4.32. The largest absolute Gasteiger partial charge is 0.493 e. The van der Waals surface area contributed by atoms with Gasteiger partial charge in [-0.05, 0) is 44.9 Å². The van der Waals surface area contributed by atoms with Gasteiger partial charge < -0.3 is 14.2 Å². The van der Waals surface area contributed by atoms with Crippen molar-refractivity contribution in [2.45, 2.75) is 34.0 Å². The van der Waals surface area contributed by atoms with Gasteiger partial charge >= 0.3 is 0 Å². The highest BCUT2D eigenvalue weighted by Gasteiger charge is 2.36. The van der Waals surface area contributed by atoms with Gasteiger partial charge in [-0.1, -0.05) is 6.08 Å². The van der Waals surface area contributed by atoms with Crippen molar-refractivity contribution in [3.8, 4) is 0 Å². The number of methoxy groups -OCH3 is 1. The van der Waals surface area contributed by atoms with Crippen LogP contribution in [0.25, 0.3) is 0 Å². The third kappa shape index (κ3) is 1.86. The Morgan fingerprint density at radius 3 is 2.65 bits per heavy atom. The van der Waals surface area contributed by atoms with Gasteiger partial charge in [-0.3, -0.25) is 0 Å². The Hall–Kier alpha value is -1.64. The summed E-state index contributed by atoms with van der Waals surface area (Å²) in [7, 11) is 1.66. The molecule has 0 aromatic rings. The smallest absolute Gasteiger partial charge is 0.271 e. The maximum atomic E-state index is 5.67. The van der Waals surface area contributed by atoms with Gasteiger partial charge in [-0.25, -0.2) is 0 Å². The van der Waals surface area contributed by atoms with Gasteiger partial charge in [0.05, 0.1) is 18.4 Å². The van der Waals surface area contributed by atoms with Crippen LogP contribution in [-0.2, 0) is 14.2 Å². The summed E-state index contributed by atoms with van der Waals surface area (Å²) in [6.07, 6.45) is 3.75. The quantitative estimate of drug-likeness (QED) is 0.732. The molecule has 17 heavy (non-hydrogen) atoms. The van der Waals surface area contributed by atoms with Gasteiger partial charge in [-0.2, -0.15) is 0 Å². The van der Waals surface area contributed by atoms with E-state index in [1.165, 1.54) is 5.57 Å². The predicted molar refractivity (Wildman–Crippen MR) is 65.9 cm³/mol. The molecule has 0 radical (unpaired) electrons. The van der Waals surface area contributed by atoms with Gasteiger partial charge in [0.15, 0.2) is 5.76 Å². The van der Waals surface area contributed by atoms with Crippen LogP contribution in [0.2, 0.25) is 0 Å². The van der Waals surface area contributed by atoms with Crippen LogP contribution < -0.4 is 0 Å². The normalized spacial score (nSPS) is 24.2. The Labute approximate surface area is 102 Å². The molecule has 2 aliphatic heterocycles. The minimum absolute atomic E-state index is 0.361. The molecule has 0 saturated carbocycles. The summed E-state index contributed by atoms with van der Waals surface area (Å²) in [5, 5.41) is 0. The van der Waals surface area contributed by atoms with E-state index < -0.39 is 0 Å². The highest BCUT2D eigenvalue weighted by atomic mass is 16.7. The molecule has 0 unspecified atom stereocenters. The molecule has 0 bridgehead atoms. The molecule has 0 amide bonds. The Balaban J connectivity index is 2.59. The van der Waals surface area contributed by atoms with E-state index in [1.807, 2.05) is 26.8 Å². The zero-order valence-corrected chi connectivity index (χ0v) is 11.0. The molecule has 0 aromatic heterocycles. The van der Waals surface area contributed by atoms with E-state index >= 15 is 0 Å². The lowest BCUT2D eigenvalue weighted by Gasteiger charge is -2.23. The van der Waals surface area contributed by atoms with E-state index in [2.05, 4.69) is 13.0 Å². The molecule has 0 fully saturated rings. The molecule has 0 saturated heterocycles. The number of fused-ring (bicyclic) bond motifs is 1. The van der Waals surface area contributed by atoms with Crippen LogP contribution >= 0.6 is 0 Å². The van der Waals surface area contributed by atoms with Crippen molar-refractivity contribution in [2.24, 2.45) is 0 Å². The molecule has 0 spiro atoms. The lowest BCUT2D eigenvalue weighted by molar-refractivity contribution is -0.0467. The summed E-state index contributed by atoms with van der Waals surface area (Å²) >= 11 is 0. The van der Waals surface area contributed by atoms with Gasteiger partial charge in [0.2, 0.25) is 0 Å². The molecular weight excluding hydrogens is 216 g/mol. The standard InChI is InChI=1S/C14H18O3/c1-6-8(2)11-7-9(3)16-14-12(11)13(15-5)10(4)17-14/h6-7,14H,1-5H3/b8-6-/t14-/m0/s1. The zero-order valence-electron chi connectivity index (χ0n) is 11.0. The Kier molecular flexibility index (Phi) is 3.01. The maximum Gasteiger partial charge on any atom is 0.271 e. The van der Waals surface area contributed by atoms with Crippen molar-refractivity contribution < 1.29 is 14.2 Å². The molecule has 0 aliphatic carbocycles. The van der Waals surface area contributed by atoms with Crippen LogP contribution in [0.5, 0.6) is 0 Å². The van der Waals surface area contributed by atoms with Crippen LogP contribution in [0.1, 0.15) is 27.7 Å². The summed E-state index contributed by atoms with van der Waals surface area (Å²) < 4.78 is 16.8. The van der Waals surface area contributed by atoms with E-state index in [-0.39, 0.29) is 6.29 Å². The summed E-state index contributed by atoms with van der Waals surface area (Å²) in [6.45, 7) is 7.93. The average molecular weight is 234 g/mol. The Morgan fingerprint density at radius 1 is 1.35 bits per heavy atom. The van der Waals surface area contributed by atoms with Crippen LogP contribution in [0.4, 0.5) is 0 Å². The average Bonchev–Trinajstić information content (AvgIpc) is 2.62. The molecule has 0 aromatic carbocycles. The molecule has 3 heteroatoms. The summed E-state index contributed by atoms with van der Waals surface area (Å²) in [6, 6.07) is 0. The number of ether oxygens (including phenoxy) is 3. The van der Waals surface area contributed by atoms with E-state index in [0.29, 0.717) is 0 Å².